The monoisotopic (exact) mass is 177 g/mol. The lowest BCUT2D eigenvalue weighted by Gasteiger charge is -2.04. The number of benzene rings is 2. The first-order valence-corrected chi connectivity index (χ1v) is 3.75. The zero-order valence-electron chi connectivity index (χ0n) is 16.0. The summed E-state index contributed by atoms with van der Waals surface area (Å²) in [4.78, 5) is 0. The molecule has 13 heavy (non-hydrogen) atoms. The van der Waals surface area contributed by atoms with E-state index in [-0.39, 0.29) is 22.7 Å². The summed E-state index contributed by atoms with van der Waals surface area (Å²) < 4.78 is 69.9. The van der Waals surface area contributed by atoms with Gasteiger partial charge in [0.1, 0.15) is 0 Å². The SMILES string of the molecule is [2H]c1c([2H])c([2H])c(-c2c([2H])c([2H])c([2H])c([2H])c2C)c([2H])c1[2H]. The Bertz CT molecular complexity index is 670. The quantitative estimate of drug-likeness (QED) is 0.623. The van der Waals surface area contributed by atoms with Gasteiger partial charge in [0.05, 0.1) is 12.3 Å². The Balaban J connectivity index is 3.03. The zero-order chi connectivity index (χ0) is 16.9. The fraction of sp³-hybridized carbons (Fsp3) is 0.0769. The standard InChI is InChI=1S/C13H12/c1-11-7-5-6-10-13(11)12-8-3-2-4-9-12/h2-10H,1H3/i2D,3D,4D,5D,6D,7D,8D,9D,10D. The molecule has 0 aliphatic rings. The average Bonchev–Trinajstić information content (AvgIpc) is 2.50. The Morgan fingerprint density at radius 3 is 2.23 bits per heavy atom. The molecule has 0 spiro atoms. The third-order valence-electron chi connectivity index (χ3n) is 1.62. The molecular weight excluding hydrogens is 156 g/mol. The van der Waals surface area contributed by atoms with E-state index < -0.39 is 48.3 Å². The van der Waals surface area contributed by atoms with Gasteiger partial charge in [-0.15, -0.1) is 0 Å². The van der Waals surface area contributed by atoms with E-state index >= 15 is 0 Å². The fourth-order valence-corrected chi connectivity index (χ4v) is 1.00. The Labute approximate surface area is 91.5 Å². The lowest BCUT2D eigenvalue weighted by atomic mass is 10.0. The van der Waals surface area contributed by atoms with Crippen LogP contribution in [0.4, 0.5) is 0 Å². The lowest BCUT2D eigenvalue weighted by molar-refractivity contribution is 1.46. The van der Waals surface area contributed by atoms with Crippen LogP contribution in [0.25, 0.3) is 11.1 Å². The highest BCUT2D eigenvalue weighted by molar-refractivity contribution is 5.66. The highest BCUT2D eigenvalue weighted by atomic mass is 14.0. The molecule has 64 valence electrons. The molecule has 2 rings (SSSR count). The van der Waals surface area contributed by atoms with E-state index in [1.165, 1.54) is 6.92 Å². The summed E-state index contributed by atoms with van der Waals surface area (Å²) in [5.74, 6) is 0. The van der Waals surface area contributed by atoms with Crippen LogP contribution in [-0.4, -0.2) is 0 Å². The number of hydrogen-bond acceptors (Lipinski definition) is 0. The van der Waals surface area contributed by atoms with E-state index in [4.69, 9.17) is 12.3 Å². The maximum absolute atomic E-state index is 7.97. The molecule has 0 saturated carbocycles. The summed E-state index contributed by atoms with van der Waals surface area (Å²) in [5.41, 5.74) is -0.136. The molecule has 0 aliphatic heterocycles. The van der Waals surface area contributed by atoms with Gasteiger partial charge in [0.2, 0.25) is 0 Å². The third kappa shape index (κ3) is 1.62. The molecule has 0 heteroatoms. The molecule has 0 aliphatic carbocycles. The van der Waals surface area contributed by atoms with Crippen LogP contribution >= 0.6 is 0 Å². The largest absolute Gasteiger partial charge is 0.0629 e. The molecule has 2 aromatic rings. The van der Waals surface area contributed by atoms with Gasteiger partial charge >= 0.3 is 0 Å². The Kier molecular flexibility index (Phi) is 0.718. The molecule has 0 N–H and O–H groups in total. The van der Waals surface area contributed by atoms with Crippen LogP contribution in [0.1, 0.15) is 17.9 Å². The smallest absolute Gasteiger partial charge is 0.0622 e. The predicted octanol–water partition coefficient (Wildman–Crippen LogP) is 3.66. The van der Waals surface area contributed by atoms with Crippen LogP contribution in [-0.2, 0) is 0 Å². The predicted molar refractivity (Wildman–Crippen MR) is 56.6 cm³/mol. The maximum atomic E-state index is 7.97. The summed E-state index contributed by atoms with van der Waals surface area (Å²) in [7, 11) is 0. The van der Waals surface area contributed by atoms with Crippen molar-refractivity contribution in [2.75, 3.05) is 0 Å². The Morgan fingerprint density at radius 1 is 0.846 bits per heavy atom. The highest BCUT2D eigenvalue weighted by Gasteiger charge is 1.97. The van der Waals surface area contributed by atoms with E-state index in [1.807, 2.05) is 0 Å². The molecule has 0 radical (unpaired) electrons. The Morgan fingerprint density at radius 2 is 1.46 bits per heavy atom. The molecule has 0 bridgehead atoms. The van der Waals surface area contributed by atoms with Crippen LogP contribution in [0.5, 0.6) is 0 Å². The topological polar surface area (TPSA) is 0 Å². The minimum Gasteiger partial charge on any atom is -0.0622 e. The van der Waals surface area contributed by atoms with Crippen LogP contribution in [0, 0.1) is 6.92 Å². The second kappa shape index (κ2) is 3.44. The van der Waals surface area contributed by atoms with E-state index in [0.29, 0.717) is 0 Å². The van der Waals surface area contributed by atoms with E-state index in [0.717, 1.165) is 0 Å². The second-order valence-electron chi connectivity index (χ2n) is 2.50. The van der Waals surface area contributed by atoms with Gasteiger partial charge in [0.15, 0.2) is 0 Å². The summed E-state index contributed by atoms with van der Waals surface area (Å²) >= 11 is 0. The average molecular weight is 177 g/mol. The van der Waals surface area contributed by atoms with Crippen molar-refractivity contribution in [1.82, 2.24) is 0 Å². The van der Waals surface area contributed by atoms with E-state index in [1.54, 1.807) is 0 Å². The molecule has 0 heterocycles. The highest BCUT2D eigenvalue weighted by Crippen LogP contribution is 2.21. The van der Waals surface area contributed by atoms with E-state index in [9.17, 15) is 0 Å². The molecular formula is C13H12. The summed E-state index contributed by atoms with van der Waals surface area (Å²) in [6.07, 6.45) is 0. The second-order valence-corrected chi connectivity index (χ2v) is 2.50. The summed E-state index contributed by atoms with van der Waals surface area (Å²) in [6.45, 7) is 1.44. The summed E-state index contributed by atoms with van der Waals surface area (Å²) in [5, 5.41) is 0. The van der Waals surface area contributed by atoms with Crippen molar-refractivity contribution in [3.05, 3.63) is 59.9 Å². The first kappa shape index (κ1) is 2.71. The van der Waals surface area contributed by atoms with Gasteiger partial charge in [-0.05, 0) is 23.6 Å². The molecule has 0 aromatic heterocycles. The van der Waals surface area contributed by atoms with Gasteiger partial charge in [-0.3, -0.25) is 0 Å². The minimum atomic E-state index is -0.544. The lowest BCUT2D eigenvalue weighted by Crippen LogP contribution is -1.80. The van der Waals surface area contributed by atoms with Gasteiger partial charge in [-0.25, -0.2) is 0 Å². The molecule has 0 nitrogen and oxygen atoms in total. The van der Waals surface area contributed by atoms with Gasteiger partial charge in [0, 0.05) is 0 Å². The van der Waals surface area contributed by atoms with Gasteiger partial charge in [0.25, 0.3) is 0 Å². The molecule has 0 unspecified atom stereocenters. The van der Waals surface area contributed by atoms with Crippen molar-refractivity contribution in [2.24, 2.45) is 0 Å². The van der Waals surface area contributed by atoms with Crippen LogP contribution in [0.3, 0.4) is 0 Å². The van der Waals surface area contributed by atoms with Gasteiger partial charge in [-0.2, -0.15) is 0 Å². The molecule has 0 saturated heterocycles. The Hall–Kier alpha value is -1.56. The van der Waals surface area contributed by atoms with Crippen LogP contribution in [0.15, 0.2) is 54.4 Å². The van der Waals surface area contributed by atoms with Crippen LogP contribution in [0.2, 0.25) is 0 Å². The first-order chi connectivity index (χ1) is 10.1. The third-order valence-corrected chi connectivity index (χ3v) is 1.62. The maximum Gasteiger partial charge on any atom is 0.0629 e. The van der Waals surface area contributed by atoms with Crippen LogP contribution < -0.4 is 0 Å². The number of rotatable bonds is 1. The zero-order valence-corrected chi connectivity index (χ0v) is 7.00. The molecule has 0 fully saturated rings. The molecule has 0 atom stereocenters. The summed E-state index contributed by atoms with van der Waals surface area (Å²) in [6, 6.07) is -4.23. The van der Waals surface area contributed by atoms with E-state index in [2.05, 4.69) is 0 Å². The number of hydrogen-bond donors (Lipinski definition) is 0. The fourth-order valence-electron chi connectivity index (χ4n) is 1.00. The van der Waals surface area contributed by atoms with Crippen molar-refractivity contribution in [1.29, 1.82) is 0 Å². The molecule has 2 aromatic carbocycles. The first-order valence-electron chi connectivity index (χ1n) is 8.25. The molecule has 0 amide bonds. The van der Waals surface area contributed by atoms with Gasteiger partial charge in [-0.1, -0.05) is 54.4 Å². The minimum absolute atomic E-state index is 0.0667. The van der Waals surface area contributed by atoms with Gasteiger partial charge < -0.3 is 0 Å². The van der Waals surface area contributed by atoms with Crippen molar-refractivity contribution in [2.45, 2.75) is 6.92 Å². The van der Waals surface area contributed by atoms with Crippen molar-refractivity contribution < 1.29 is 12.3 Å². The normalized spacial score (nSPS) is 19.6. The van der Waals surface area contributed by atoms with Crippen molar-refractivity contribution in [3.8, 4) is 11.1 Å². The van der Waals surface area contributed by atoms with Crippen molar-refractivity contribution in [3.63, 3.8) is 0 Å². The van der Waals surface area contributed by atoms with Crippen molar-refractivity contribution >= 4 is 0 Å².